The lowest BCUT2D eigenvalue weighted by atomic mass is 10.2. The quantitative estimate of drug-likeness (QED) is 0.709. The molecule has 0 aliphatic rings. The number of aromatic nitrogens is 1. The number of nitriles is 1. The van der Waals surface area contributed by atoms with Gasteiger partial charge in [0.15, 0.2) is 0 Å². The summed E-state index contributed by atoms with van der Waals surface area (Å²) in [5.41, 5.74) is 1.04. The third-order valence-electron chi connectivity index (χ3n) is 1.66. The summed E-state index contributed by atoms with van der Waals surface area (Å²) in [6.07, 6.45) is 3.05. The number of rotatable bonds is 3. The fraction of sp³-hybridized carbons (Fsp3) is 0.222. The number of carbonyl (C=O) groups is 1. The van der Waals surface area contributed by atoms with Crippen LogP contribution in [0.15, 0.2) is 18.5 Å². The molecule has 2 N–H and O–H groups in total. The molecule has 0 atom stereocenters. The second kappa shape index (κ2) is 4.82. The zero-order chi connectivity index (χ0) is 10.4. The highest BCUT2D eigenvalue weighted by molar-refractivity contribution is 5.80. The molecule has 0 unspecified atom stereocenters. The van der Waals surface area contributed by atoms with E-state index in [1.807, 2.05) is 6.07 Å². The first kappa shape index (κ1) is 9.99. The van der Waals surface area contributed by atoms with E-state index in [0.717, 1.165) is 0 Å². The third-order valence-corrected chi connectivity index (χ3v) is 1.66. The molecular weight excluding hydrogens is 180 g/mol. The average Bonchev–Trinajstić information content (AvgIpc) is 2.26. The number of hydrogen-bond acceptors (Lipinski definition) is 4. The van der Waals surface area contributed by atoms with Crippen LogP contribution in [0.5, 0.6) is 0 Å². The van der Waals surface area contributed by atoms with Crippen molar-refractivity contribution in [1.82, 2.24) is 10.3 Å². The van der Waals surface area contributed by atoms with Gasteiger partial charge in [0.05, 0.1) is 24.0 Å². The third kappa shape index (κ3) is 2.45. The minimum Gasteiger partial charge on any atom is -0.374 e. The molecule has 1 rings (SSSR count). The van der Waals surface area contributed by atoms with Gasteiger partial charge in [0.1, 0.15) is 6.07 Å². The van der Waals surface area contributed by atoms with Gasteiger partial charge < -0.3 is 10.6 Å². The molecule has 5 nitrogen and oxygen atoms in total. The van der Waals surface area contributed by atoms with Crippen LogP contribution in [0.4, 0.5) is 5.69 Å². The first-order valence-electron chi connectivity index (χ1n) is 4.06. The molecule has 0 aliphatic carbocycles. The molecule has 1 amide bonds. The van der Waals surface area contributed by atoms with Crippen molar-refractivity contribution >= 4 is 11.6 Å². The monoisotopic (exact) mass is 190 g/mol. The molecule has 72 valence electrons. The lowest BCUT2D eigenvalue weighted by Gasteiger charge is -2.05. The smallest absolute Gasteiger partial charge is 0.239 e. The molecule has 0 aliphatic heterocycles. The van der Waals surface area contributed by atoms with Crippen LogP contribution < -0.4 is 10.6 Å². The van der Waals surface area contributed by atoms with E-state index in [-0.39, 0.29) is 12.5 Å². The molecule has 1 aromatic heterocycles. The maximum absolute atomic E-state index is 10.9. The predicted octanol–water partition coefficient (Wildman–Crippen LogP) is 0.111. The lowest BCUT2D eigenvalue weighted by molar-refractivity contribution is -0.118. The standard InChI is InChI=1S/C9H10N4O/c1-11-9(14)6-13-8-5-12-3-2-7(8)4-10/h2-3,5,13H,6H2,1H3,(H,11,14). The molecule has 0 bridgehead atoms. The summed E-state index contributed by atoms with van der Waals surface area (Å²) in [6, 6.07) is 3.59. The molecule has 0 saturated carbocycles. The summed E-state index contributed by atoms with van der Waals surface area (Å²) in [5, 5.41) is 14.0. The lowest BCUT2D eigenvalue weighted by Crippen LogP contribution is -2.26. The second-order valence-electron chi connectivity index (χ2n) is 2.56. The van der Waals surface area contributed by atoms with Crippen molar-refractivity contribution in [2.45, 2.75) is 0 Å². The van der Waals surface area contributed by atoms with Crippen LogP contribution in [0.3, 0.4) is 0 Å². The minimum absolute atomic E-state index is 0.136. The Morgan fingerprint density at radius 3 is 3.14 bits per heavy atom. The highest BCUT2D eigenvalue weighted by Crippen LogP contribution is 2.10. The van der Waals surface area contributed by atoms with E-state index in [4.69, 9.17) is 5.26 Å². The summed E-state index contributed by atoms with van der Waals surface area (Å²) < 4.78 is 0. The first-order chi connectivity index (χ1) is 6.77. The maximum Gasteiger partial charge on any atom is 0.239 e. The Labute approximate surface area is 81.8 Å². The number of pyridine rings is 1. The Bertz CT molecular complexity index is 369. The van der Waals surface area contributed by atoms with Crippen LogP contribution in [-0.4, -0.2) is 24.5 Å². The summed E-state index contributed by atoms with van der Waals surface area (Å²) in [6.45, 7) is 0.136. The Kier molecular flexibility index (Phi) is 3.44. The van der Waals surface area contributed by atoms with Crippen molar-refractivity contribution in [3.05, 3.63) is 24.0 Å². The topological polar surface area (TPSA) is 77.8 Å². The van der Waals surface area contributed by atoms with Crippen molar-refractivity contribution in [2.24, 2.45) is 0 Å². The van der Waals surface area contributed by atoms with Gasteiger partial charge in [-0.25, -0.2) is 0 Å². The Balaban J connectivity index is 2.68. The van der Waals surface area contributed by atoms with Crippen molar-refractivity contribution in [3.63, 3.8) is 0 Å². The van der Waals surface area contributed by atoms with Gasteiger partial charge in [-0.3, -0.25) is 9.78 Å². The number of nitrogens with one attached hydrogen (secondary N) is 2. The van der Waals surface area contributed by atoms with Crippen LogP contribution in [-0.2, 0) is 4.79 Å². The number of likely N-dealkylation sites (N-methyl/N-ethyl adjacent to an activating group) is 1. The van der Waals surface area contributed by atoms with E-state index < -0.39 is 0 Å². The summed E-state index contributed by atoms with van der Waals surface area (Å²) in [4.78, 5) is 14.8. The summed E-state index contributed by atoms with van der Waals surface area (Å²) >= 11 is 0. The number of hydrogen-bond donors (Lipinski definition) is 2. The fourth-order valence-electron chi connectivity index (χ4n) is 0.897. The van der Waals surface area contributed by atoms with Crippen LogP contribution in [0, 0.1) is 11.3 Å². The zero-order valence-electron chi connectivity index (χ0n) is 7.74. The van der Waals surface area contributed by atoms with E-state index >= 15 is 0 Å². The maximum atomic E-state index is 10.9. The molecule has 0 radical (unpaired) electrons. The number of anilines is 1. The van der Waals surface area contributed by atoms with Gasteiger partial charge in [-0.2, -0.15) is 5.26 Å². The minimum atomic E-state index is -0.141. The van der Waals surface area contributed by atoms with Gasteiger partial charge >= 0.3 is 0 Å². The summed E-state index contributed by atoms with van der Waals surface area (Å²) in [5.74, 6) is -0.141. The number of carbonyl (C=O) groups excluding carboxylic acids is 1. The van der Waals surface area contributed by atoms with E-state index in [1.165, 1.54) is 12.4 Å². The van der Waals surface area contributed by atoms with E-state index in [1.54, 1.807) is 13.1 Å². The molecular formula is C9H10N4O. The van der Waals surface area contributed by atoms with Crippen LogP contribution in [0.25, 0.3) is 0 Å². The number of amides is 1. The zero-order valence-corrected chi connectivity index (χ0v) is 7.74. The van der Waals surface area contributed by atoms with Crippen molar-refractivity contribution in [3.8, 4) is 6.07 Å². The molecule has 0 spiro atoms. The van der Waals surface area contributed by atoms with E-state index in [2.05, 4.69) is 15.6 Å². The normalized spacial score (nSPS) is 8.86. The van der Waals surface area contributed by atoms with E-state index in [0.29, 0.717) is 11.3 Å². The Morgan fingerprint density at radius 2 is 2.50 bits per heavy atom. The first-order valence-corrected chi connectivity index (χ1v) is 4.06. The summed E-state index contributed by atoms with van der Waals surface area (Å²) in [7, 11) is 1.55. The SMILES string of the molecule is CNC(=O)CNc1cnccc1C#N. The van der Waals surface area contributed by atoms with Gasteiger partial charge in [0, 0.05) is 13.2 Å². The Hall–Kier alpha value is -2.09. The molecule has 1 aromatic rings. The largest absolute Gasteiger partial charge is 0.374 e. The van der Waals surface area contributed by atoms with Crippen molar-refractivity contribution in [2.75, 3.05) is 18.9 Å². The van der Waals surface area contributed by atoms with Gasteiger partial charge in [-0.1, -0.05) is 0 Å². The van der Waals surface area contributed by atoms with Crippen LogP contribution in [0.1, 0.15) is 5.56 Å². The van der Waals surface area contributed by atoms with Gasteiger partial charge in [-0.15, -0.1) is 0 Å². The van der Waals surface area contributed by atoms with Gasteiger partial charge in [0.25, 0.3) is 0 Å². The molecule has 14 heavy (non-hydrogen) atoms. The van der Waals surface area contributed by atoms with E-state index in [9.17, 15) is 4.79 Å². The highest BCUT2D eigenvalue weighted by atomic mass is 16.1. The molecule has 1 heterocycles. The van der Waals surface area contributed by atoms with Gasteiger partial charge in [0.2, 0.25) is 5.91 Å². The van der Waals surface area contributed by atoms with Crippen LogP contribution in [0.2, 0.25) is 0 Å². The van der Waals surface area contributed by atoms with Crippen molar-refractivity contribution in [1.29, 1.82) is 5.26 Å². The highest BCUT2D eigenvalue weighted by Gasteiger charge is 2.02. The molecule has 0 saturated heterocycles. The molecule has 0 aromatic carbocycles. The fourth-order valence-corrected chi connectivity index (χ4v) is 0.897. The number of nitrogens with zero attached hydrogens (tertiary/aromatic N) is 2. The molecule has 0 fully saturated rings. The Morgan fingerprint density at radius 1 is 1.71 bits per heavy atom. The average molecular weight is 190 g/mol. The van der Waals surface area contributed by atoms with Crippen molar-refractivity contribution < 1.29 is 4.79 Å². The van der Waals surface area contributed by atoms with Gasteiger partial charge in [-0.05, 0) is 6.07 Å². The van der Waals surface area contributed by atoms with Crippen LogP contribution >= 0.6 is 0 Å². The second-order valence-corrected chi connectivity index (χ2v) is 2.56. The predicted molar refractivity (Wildman–Crippen MR) is 51.5 cm³/mol. The molecule has 5 heteroatoms.